The minimum atomic E-state index is -0.284. The topological polar surface area (TPSA) is 31.2 Å². The van der Waals surface area contributed by atoms with Crippen LogP contribution in [0.4, 0.5) is 4.39 Å². The summed E-state index contributed by atoms with van der Waals surface area (Å²) in [7, 11) is 0. The minimum Gasteiger partial charge on any atom is -0.489 e. The fourth-order valence-electron chi connectivity index (χ4n) is 2.44. The van der Waals surface area contributed by atoms with Crippen LogP contribution in [0.25, 0.3) is 5.69 Å². The molecule has 3 rings (SSSR count). The molecule has 0 fully saturated rings. The van der Waals surface area contributed by atoms with Gasteiger partial charge in [0.2, 0.25) is 0 Å². The first-order chi connectivity index (χ1) is 12.2. The van der Waals surface area contributed by atoms with Gasteiger partial charge in [0.05, 0.1) is 0 Å². The Hall–Kier alpha value is -2.40. The zero-order valence-corrected chi connectivity index (χ0v) is 15.1. The third-order valence-corrected chi connectivity index (χ3v) is 4.20. The number of benzene rings is 2. The molecule has 0 bridgehead atoms. The van der Waals surface area contributed by atoms with E-state index in [-0.39, 0.29) is 18.0 Å². The Morgan fingerprint density at radius 2 is 1.64 bits per heavy atom. The van der Waals surface area contributed by atoms with Crippen molar-refractivity contribution in [2.75, 3.05) is 5.33 Å². The van der Waals surface area contributed by atoms with E-state index >= 15 is 0 Å². The second kappa shape index (κ2) is 8.12. The summed E-state index contributed by atoms with van der Waals surface area (Å²) in [5, 5.41) is 0.909. The number of hydrogen-bond acceptors (Lipinski definition) is 2. The van der Waals surface area contributed by atoms with E-state index < -0.39 is 0 Å². The summed E-state index contributed by atoms with van der Waals surface area (Å²) < 4.78 is 20.1. The fraction of sp³-hybridized carbons (Fsp3) is 0.150. The number of aryl methyl sites for hydroxylation is 1. The van der Waals surface area contributed by atoms with Crippen molar-refractivity contribution in [1.82, 2.24) is 4.57 Å². The Kier molecular flexibility index (Phi) is 5.66. The maximum absolute atomic E-state index is 12.9. The molecule has 0 atom stereocenters. The van der Waals surface area contributed by atoms with Crippen LogP contribution in [0, 0.1) is 5.82 Å². The molecule has 2 aromatic carbocycles. The van der Waals surface area contributed by atoms with Crippen LogP contribution in [0.5, 0.6) is 5.75 Å². The number of pyridine rings is 1. The lowest BCUT2D eigenvalue weighted by molar-refractivity contribution is 0.305. The molecule has 1 aromatic heterocycles. The summed E-state index contributed by atoms with van der Waals surface area (Å²) >= 11 is 3.42. The Morgan fingerprint density at radius 3 is 2.28 bits per heavy atom. The highest BCUT2D eigenvalue weighted by Gasteiger charge is 2.03. The van der Waals surface area contributed by atoms with Gasteiger partial charge in [-0.3, -0.25) is 9.36 Å². The van der Waals surface area contributed by atoms with E-state index in [4.69, 9.17) is 4.74 Å². The zero-order chi connectivity index (χ0) is 17.6. The highest BCUT2D eigenvalue weighted by molar-refractivity contribution is 9.09. The van der Waals surface area contributed by atoms with Crippen molar-refractivity contribution >= 4 is 15.9 Å². The summed E-state index contributed by atoms with van der Waals surface area (Å²) in [5.74, 6) is 0.204. The van der Waals surface area contributed by atoms with E-state index in [0.717, 1.165) is 23.0 Å². The monoisotopic (exact) mass is 401 g/mol. The molecule has 0 aliphatic heterocycles. The van der Waals surface area contributed by atoms with Gasteiger partial charge in [-0.05, 0) is 47.9 Å². The predicted molar refractivity (Wildman–Crippen MR) is 100 cm³/mol. The lowest BCUT2D eigenvalue weighted by Crippen LogP contribution is -2.16. The van der Waals surface area contributed by atoms with Gasteiger partial charge in [-0.2, -0.15) is 0 Å². The third kappa shape index (κ3) is 4.57. The SMILES string of the molecule is O=c1cc(OCc2ccc(F)cc2)ccn1-c1ccc(CCBr)cc1. The Bertz CT molecular complexity index is 889. The van der Waals surface area contributed by atoms with Crippen LogP contribution in [0.1, 0.15) is 11.1 Å². The van der Waals surface area contributed by atoms with Gasteiger partial charge in [0.15, 0.2) is 0 Å². The summed E-state index contributed by atoms with van der Waals surface area (Å²) in [6.45, 7) is 0.283. The zero-order valence-electron chi connectivity index (χ0n) is 13.5. The van der Waals surface area contributed by atoms with Crippen molar-refractivity contribution < 1.29 is 9.13 Å². The van der Waals surface area contributed by atoms with Crippen LogP contribution in [0.15, 0.2) is 71.7 Å². The first-order valence-electron chi connectivity index (χ1n) is 7.91. The fourth-order valence-corrected chi connectivity index (χ4v) is 2.90. The molecule has 0 amide bonds. The molecule has 25 heavy (non-hydrogen) atoms. The van der Waals surface area contributed by atoms with Crippen LogP contribution in [-0.2, 0) is 13.0 Å². The smallest absolute Gasteiger partial charge is 0.258 e. The largest absolute Gasteiger partial charge is 0.489 e. The maximum Gasteiger partial charge on any atom is 0.258 e. The molecule has 0 spiro atoms. The van der Waals surface area contributed by atoms with Crippen molar-refractivity contribution in [2.24, 2.45) is 0 Å². The average Bonchev–Trinajstić information content (AvgIpc) is 2.62. The number of ether oxygens (including phenoxy) is 1. The Labute approximate surface area is 153 Å². The number of rotatable bonds is 6. The van der Waals surface area contributed by atoms with Crippen LogP contribution in [0.3, 0.4) is 0 Å². The quantitative estimate of drug-likeness (QED) is 0.569. The second-order valence-electron chi connectivity index (χ2n) is 5.59. The van der Waals surface area contributed by atoms with Gasteiger partial charge in [-0.25, -0.2) is 4.39 Å². The van der Waals surface area contributed by atoms with Gasteiger partial charge in [-0.15, -0.1) is 0 Å². The summed E-state index contributed by atoms with van der Waals surface area (Å²) in [6.07, 6.45) is 2.65. The van der Waals surface area contributed by atoms with E-state index in [1.165, 1.54) is 23.8 Å². The third-order valence-electron chi connectivity index (χ3n) is 3.81. The van der Waals surface area contributed by atoms with Gasteiger partial charge < -0.3 is 4.74 Å². The summed E-state index contributed by atoms with van der Waals surface area (Å²) in [5.41, 5.74) is 2.71. The number of halogens is 2. The van der Waals surface area contributed by atoms with Crippen LogP contribution in [-0.4, -0.2) is 9.90 Å². The van der Waals surface area contributed by atoms with Crippen molar-refractivity contribution in [2.45, 2.75) is 13.0 Å². The van der Waals surface area contributed by atoms with Crippen LogP contribution >= 0.6 is 15.9 Å². The highest BCUT2D eigenvalue weighted by atomic mass is 79.9. The predicted octanol–water partition coefficient (Wildman–Crippen LogP) is 4.49. The molecule has 5 heteroatoms. The van der Waals surface area contributed by atoms with Gasteiger partial charge in [0, 0.05) is 23.3 Å². The van der Waals surface area contributed by atoms with Crippen molar-refractivity contribution in [3.05, 3.63) is 94.2 Å². The Balaban J connectivity index is 1.72. The van der Waals surface area contributed by atoms with E-state index in [2.05, 4.69) is 15.9 Å². The molecule has 0 aliphatic rings. The lowest BCUT2D eigenvalue weighted by Gasteiger charge is -2.09. The molecule has 3 nitrogen and oxygen atoms in total. The average molecular weight is 402 g/mol. The van der Waals surface area contributed by atoms with Crippen molar-refractivity contribution in [1.29, 1.82) is 0 Å². The first kappa shape index (κ1) is 17.4. The maximum atomic E-state index is 12.9. The molecule has 128 valence electrons. The molecular weight excluding hydrogens is 385 g/mol. The highest BCUT2D eigenvalue weighted by Crippen LogP contribution is 2.14. The first-order valence-corrected chi connectivity index (χ1v) is 9.03. The molecule has 0 radical (unpaired) electrons. The molecule has 0 aliphatic carbocycles. The number of hydrogen-bond donors (Lipinski definition) is 0. The molecular formula is C20H17BrFNO2. The van der Waals surface area contributed by atoms with Crippen LogP contribution < -0.4 is 10.3 Å². The number of alkyl halides is 1. The van der Waals surface area contributed by atoms with E-state index in [0.29, 0.717) is 5.75 Å². The molecule has 0 saturated heterocycles. The molecule has 0 unspecified atom stereocenters. The lowest BCUT2D eigenvalue weighted by atomic mass is 10.1. The molecule has 3 aromatic rings. The van der Waals surface area contributed by atoms with Crippen molar-refractivity contribution in [3.8, 4) is 11.4 Å². The number of nitrogens with zero attached hydrogens (tertiary/aromatic N) is 1. The van der Waals surface area contributed by atoms with Crippen molar-refractivity contribution in [3.63, 3.8) is 0 Å². The normalized spacial score (nSPS) is 10.6. The molecule has 1 heterocycles. The van der Waals surface area contributed by atoms with E-state index in [1.807, 2.05) is 24.3 Å². The van der Waals surface area contributed by atoms with E-state index in [1.54, 1.807) is 29.0 Å². The van der Waals surface area contributed by atoms with Crippen LogP contribution in [0.2, 0.25) is 0 Å². The van der Waals surface area contributed by atoms with Gasteiger partial charge in [-0.1, -0.05) is 40.2 Å². The Morgan fingerprint density at radius 1 is 0.960 bits per heavy atom. The summed E-state index contributed by atoms with van der Waals surface area (Å²) in [6, 6.07) is 17.2. The van der Waals surface area contributed by atoms with Gasteiger partial charge >= 0.3 is 0 Å². The van der Waals surface area contributed by atoms with E-state index in [9.17, 15) is 9.18 Å². The second-order valence-corrected chi connectivity index (χ2v) is 6.38. The van der Waals surface area contributed by atoms with Gasteiger partial charge in [0.1, 0.15) is 18.2 Å². The standard InChI is InChI=1S/C20H17BrFNO2/c21-11-9-15-3-7-18(8-4-15)23-12-10-19(13-20(23)24)25-14-16-1-5-17(22)6-2-16/h1-8,10,12-13H,9,11,14H2. The minimum absolute atomic E-state index is 0.162. The number of aromatic nitrogens is 1. The molecule has 0 N–H and O–H groups in total. The molecule has 0 saturated carbocycles. The van der Waals surface area contributed by atoms with Gasteiger partial charge in [0.25, 0.3) is 5.56 Å². The summed E-state index contributed by atoms with van der Waals surface area (Å²) in [4.78, 5) is 12.3.